The number of rotatable bonds is 4. The van der Waals surface area contributed by atoms with Crippen molar-refractivity contribution in [3.8, 4) is 0 Å². The predicted octanol–water partition coefficient (Wildman–Crippen LogP) is 3.85. The summed E-state index contributed by atoms with van der Waals surface area (Å²) in [5, 5.41) is 4.83. The standard InChI is InChI=1S/C15H16ClN3/c1-19(2)13-9-7-12(8-10-13)11-17-18-15-6-4-3-5-14(15)16/h3-11,18H,1-2H3/b17-11-. The molecular weight excluding hydrogens is 258 g/mol. The highest BCUT2D eigenvalue weighted by atomic mass is 35.5. The molecule has 0 aliphatic rings. The molecule has 0 radical (unpaired) electrons. The summed E-state index contributed by atoms with van der Waals surface area (Å²) < 4.78 is 0. The second kappa shape index (κ2) is 6.25. The first-order chi connectivity index (χ1) is 9.16. The van der Waals surface area contributed by atoms with Gasteiger partial charge in [-0.1, -0.05) is 35.9 Å². The fraction of sp³-hybridized carbons (Fsp3) is 0.133. The maximum absolute atomic E-state index is 6.02. The van der Waals surface area contributed by atoms with Crippen molar-refractivity contribution in [3.63, 3.8) is 0 Å². The van der Waals surface area contributed by atoms with Gasteiger partial charge in [-0.15, -0.1) is 0 Å². The van der Waals surface area contributed by atoms with Crippen LogP contribution < -0.4 is 10.3 Å². The molecular formula is C15H16ClN3. The Kier molecular flexibility index (Phi) is 4.42. The molecule has 1 N–H and O–H groups in total. The number of nitrogens with zero attached hydrogens (tertiary/aromatic N) is 2. The van der Waals surface area contributed by atoms with E-state index in [0.29, 0.717) is 5.02 Å². The van der Waals surface area contributed by atoms with Crippen LogP contribution in [0.5, 0.6) is 0 Å². The van der Waals surface area contributed by atoms with Crippen molar-refractivity contribution in [2.75, 3.05) is 24.4 Å². The molecule has 4 heteroatoms. The minimum atomic E-state index is 0.655. The average molecular weight is 274 g/mol. The number of hydrogen-bond acceptors (Lipinski definition) is 3. The Labute approximate surface area is 118 Å². The summed E-state index contributed by atoms with van der Waals surface area (Å²) in [4.78, 5) is 2.06. The molecule has 0 fully saturated rings. The third-order valence-electron chi connectivity index (χ3n) is 2.68. The fourth-order valence-electron chi connectivity index (χ4n) is 1.59. The molecule has 3 nitrogen and oxygen atoms in total. The molecule has 0 heterocycles. The molecule has 0 unspecified atom stereocenters. The van der Waals surface area contributed by atoms with E-state index in [2.05, 4.69) is 27.6 Å². The van der Waals surface area contributed by atoms with Gasteiger partial charge in [0.2, 0.25) is 0 Å². The lowest BCUT2D eigenvalue weighted by Gasteiger charge is -2.11. The van der Waals surface area contributed by atoms with Gasteiger partial charge in [0.25, 0.3) is 0 Å². The quantitative estimate of drug-likeness (QED) is 0.677. The number of hydrogen-bond donors (Lipinski definition) is 1. The molecule has 0 aromatic heterocycles. The zero-order chi connectivity index (χ0) is 13.7. The van der Waals surface area contributed by atoms with Crippen molar-refractivity contribution >= 4 is 29.2 Å². The first-order valence-electron chi connectivity index (χ1n) is 5.98. The summed E-state index contributed by atoms with van der Waals surface area (Å²) in [5.41, 5.74) is 5.92. The van der Waals surface area contributed by atoms with Gasteiger partial charge in [-0.3, -0.25) is 5.43 Å². The first kappa shape index (κ1) is 13.4. The molecule has 0 amide bonds. The van der Waals surface area contributed by atoms with Gasteiger partial charge >= 0.3 is 0 Å². The van der Waals surface area contributed by atoms with Crippen LogP contribution in [0.1, 0.15) is 5.56 Å². The summed E-state index contributed by atoms with van der Waals surface area (Å²) >= 11 is 6.02. The number of benzene rings is 2. The molecule has 0 saturated carbocycles. The van der Waals surface area contributed by atoms with Crippen LogP contribution in [0.25, 0.3) is 0 Å². The number of para-hydroxylation sites is 1. The van der Waals surface area contributed by atoms with Gasteiger partial charge in [0.15, 0.2) is 0 Å². The van der Waals surface area contributed by atoms with Crippen molar-refractivity contribution in [3.05, 3.63) is 59.1 Å². The molecule has 0 spiro atoms. The van der Waals surface area contributed by atoms with Crippen molar-refractivity contribution in [2.45, 2.75) is 0 Å². The van der Waals surface area contributed by atoms with E-state index in [4.69, 9.17) is 11.6 Å². The zero-order valence-electron chi connectivity index (χ0n) is 11.0. The monoisotopic (exact) mass is 273 g/mol. The Morgan fingerprint density at radius 1 is 1.05 bits per heavy atom. The third kappa shape index (κ3) is 3.73. The Morgan fingerprint density at radius 3 is 2.37 bits per heavy atom. The molecule has 0 aliphatic heterocycles. The maximum atomic E-state index is 6.02. The van der Waals surface area contributed by atoms with E-state index < -0.39 is 0 Å². The van der Waals surface area contributed by atoms with Gasteiger partial charge in [-0.2, -0.15) is 5.10 Å². The predicted molar refractivity (Wildman–Crippen MR) is 83.4 cm³/mol. The molecule has 98 valence electrons. The highest BCUT2D eigenvalue weighted by molar-refractivity contribution is 6.33. The second-order valence-corrected chi connectivity index (χ2v) is 4.74. The van der Waals surface area contributed by atoms with Gasteiger partial charge in [-0.05, 0) is 29.8 Å². The number of nitrogens with one attached hydrogen (secondary N) is 1. The number of halogens is 1. The van der Waals surface area contributed by atoms with Crippen LogP contribution in [0, 0.1) is 0 Å². The molecule has 2 aromatic carbocycles. The smallest absolute Gasteiger partial charge is 0.0748 e. The van der Waals surface area contributed by atoms with E-state index in [1.54, 1.807) is 6.21 Å². The number of hydrazone groups is 1. The van der Waals surface area contributed by atoms with Gasteiger partial charge in [0.1, 0.15) is 0 Å². The fourth-order valence-corrected chi connectivity index (χ4v) is 1.76. The van der Waals surface area contributed by atoms with E-state index in [1.807, 2.05) is 50.5 Å². The Morgan fingerprint density at radius 2 is 1.74 bits per heavy atom. The molecule has 19 heavy (non-hydrogen) atoms. The van der Waals surface area contributed by atoms with E-state index in [-0.39, 0.29) is 0 Å². The van der Waals surface area contributed by atoms with Crippen LogP contribution in [-0.2, 0) is 0 Å². The Hall–Kier alpha value is -2.00. The summed E-state index contributed by atoms with van der Waals surface area (Å²) in [6, 6.07) is 15.7. The van der Waals surface area contributed by atoms with Gasteiger partial charge in [0.05, 0.1) is 16.9 Å². The first-order valence-corrected chi connectivity index (χ1v) is 6.35. The number of anilines is 2. The van der Waals surface area contributed by atoms with Crippen LogP contribution in [0.4, 0.5) is 11.4 Å². The van der Waals surface area contributed by atoms with Gasteiger partial charge in [0, 0.05) is 19.8 Å². The summed E-state index contributed by atoms with van der Waals surface area (Å²) in [7, 11) is 4.03. The molecule has 2 aromatic rings. The zero-order valence-corrected chi connectivity index (χ0v) is 11.7. The van der Waals surface area contributed by atoms with Crippen LogP contribution in [0.2, 0.25) is 5.02 Å². The molecule has 0 bridgehead atoms. The van der Waals surface area contributed by atoms with Crippen LogP contribution in [-0.4, -0.2) is 20.3 Å². The largest absolute Gasteiger partial charge is 0.378 e. The van der Waals surface area contributed by atoms with Crippen molar-refractivity contribution < 1.29 is 0 Å². The average Bonchev–Trinajstić information content (AvgIpc) is 2.41. The van der Waals surface area contributed by atoms with E-state index >= 15 is 0 Å². The third-order valence-corrected chi connectivity index (χ3v) is 3.01. The van der Waals surface area contributed by atoms with E-state index in [1.165, 1.54) is 0 Å². The highest BCUT2D eigenvalue weighted by Gasteiger charge is 1.96. The lowest BCUT2D eigenvalue weighted by atomic mass is 10.2. The summed E-state index contributed by atoms with van der Waals surface area (Å²) in [6.45, 7) is 0. The van der Waals surface area contributed by atoms with Crippen molar-refractivity contribution in [1.29, 1.82) is 0 Å². The van der Waals surface area contributed by atoms with Crippen molar-refractivity contribution in [2.24, 2.45) is 5.10 Å². The van der Waals surface area contributed by atoms with Gasteiger partial charge < -0.3 is 4.90 Å². The summed E-state index contributed by atoms with van der Waals surface area (Å²) in [6.07, 6.45) is 1.77. The Balaban J connectivity index is 2.01. The lowest BCUT2D eigenvalue weighted by molar-refractivity contribution is 1.13. The minimum absolute atomic E-state index is 0.655. The minimum Gasteiger partial charge on any atom is -0.378 e. The lowest BCUT2D eigenvalue weighted by Crippen LogP contribution is -2.08. The molecule has 2 rings (SSSR count). The molecule has 0 atom stereocenters. The highest BCUT2D eigenvalue weighted by Crippen LogP contribution is 2.20. The van der Waals surface area contributed by atoms with E-state index in [9.17, 15) is 0 Å². The normalized spacial score (nSPS) is 10.7. The maximum Gasteiger partial charge on any atom is 0.0748 e. The molecule has 0 saturated heterocycles. The summed E-state index contributed by atoms with van der Waals surface area (Å²) in [5.74, 6) is 0. The SMILES string of the molecule is CN(C)c1ccc(/C=N\Nc2ccccc2Cl)cc1. The Bertz CT molecular complexity index is 562. The van der Waals surface area contributed by atoms with Gasteiger partial charge in [-0.25, -0.2) is 0 Å². The topological polar surface area (TPSA) is 27.6 Å². The van der Waals surface area contributed by atoms with Crippen LogP contribution in [0.3, 0.4) is 0 Å². The molecule has 0 aliphatic carbocycles. The van der Waals surface area contributed by atoms with E-state index in [0.717, 1.165) is 16.9 Å². The van der Waals surface area contributed by atoms with Crippen molar-refractivity contribution in [1.82, 2.24) is 0 Å². The second-order valence-electron chi connectivity index (χ2n) is 4.34. The van der Waals surface area contributed by atoms with Crippen LogP contribution >= 0.6 is 11.6 Å². The van der Waals surface area contributed by atoms with Crippen LogP contribution in [0.15, 0.2) is 53.6 Å².